The van der Waals surface area contributed by atoms with Gasteiger partial charge in [-0.1, -0.05) is 47.1 Å². The van der Waals surface area contributed by atoms with Gasteiger partial charge in [-0.05, 0) is 55.8 Å². The number of amides is 1. The summed E-state index contributed by atoms with van der Waals surface area (Å²) in [5, 5.41) is 4.75. The van der Waals surface area contributed by atoms with Crippen LogP contribution in [0.15, 0.2) is 59.1 Å². The van der Waals surface area contributed by atoms with E-state index in [-0.39, 0.29) is 11.8 Å². The molecule has 1 aliphatic heterocycles. The number of carbonyl (C=O) groups is 1. The molecule has 7 heteroatoms. The van der Waals surface area contributed by atoms with E-state index in [9.17, 15) is 4.79 Å². The van der Waals surface area contributed by atoms with Crippen LogP contribution >= 0.6 is 11.6 Å². The van der Waals surface area contributed by atoms with Crippen LogP contribution < -0.4 is 0 Å². The molecule has 0 unspecified atom stereocenters. The van der Waals surface area contributed by atoms with Gasteiger partial charge in [0.15, 0.2) is 0 Å². The van der Waals surface area contributed by atoms with Crippen molar-refractivity contribution in [2.75, 3.05) is 20.1 Å². The highest BCUT2D eigenvalue weighted by atomic mass is 35.5. The third-order valence-electron chi connectivity index (χ3n) is 5.50. The van der Waals surface area contributed by atoms with E-state index in [1.165, 1.54) is 0 Å². The van der Waals surface area contributed by atoms with Gasteiger partial charge < -0.3 is 9.42 Å². The van der Waals surface area contributed by atoms with E-state index in [0.29, 0.717) is 29.8 Å². The lowest BCUT2D eigenvalue weighted by Crippen LogP contribution is -2.40. The lowest BCUT2D eigenvalue weighted by Gasteiger charge is -2.32. The lowest BCUT2D eigenvalue weighted by atomic mass is 9.95. The summed E-state index contributed by atoms with van der Waals surface area (Å²) in [4.78, 5) is 21.4. The van der Waals surface area contributed by atoms with Gasteiger partial charge in [0.05, 0.1) is 6.54 Å². The fraction of sp³-hybridized carbons (Fsp3) is 0.348. The molecule has 1 amide bonds. The third-order valence-corrected chi connectivity index (χ3v) is 5.76. The van der Waals surface area contributed by atoms with Gasteiger partial charge >= 0.3 is 0 Å². The molecule has 2 aromatic carbocycles. The molecule has 1 aromatic heterocycles. The maximum atomic E-state index is 12.8. The fourth-order valence-corrected chi connectivity index (χ4v) is 3.94. The van der Waals surface area contributed by atoms with Crippen molar-refractivity contribution < 1.29 is 9.32 Å². The molecule has 0 bridgehead atoms. The van der Waals surface area contributed by atoms with E-state index < -0.39 is 0 Å². The van der Waals surface area contributed by atoms with Crippen molar-refractivity contribution in [2.45, 2.75) is 25.9 Å². The second-order valence-corrected chi connectivity index (χ2v) is 8.19. The van der Waals surface area contributed by atoms with E-state index in [1.807, 2.05) is 54.4 Å². The first-order valence-electron chi connectivity index (χ1n) is 10.2. The Morgan fingerprint density at radius 2 is 1.83 bits per heavy atom. The zero-order chi connectivity index (χ0) is 20.9. The molecule has 0 atom stereocenters. The summed E-state index contributed by atoms with van der Waals surface area (Å²) < 4.78 is 5.42. The van der Waals surface area contributed by atoms with E-state index in [2.05, 4.69) is 27.2 Å². The minimum Gasteiger partial charge on any atom is -0.341 e. The number of hydrogen-bond donors (Lipinski definition) is 0. The van der Waals surface area contributed by atoms with Crippen molar-refractivity contribution in [1.82, 2.24) is 19.9 Å². The summed E-state index contributed by atoms with van der Waals surface area (Å²) in [5.41, 5.74) is 2.03. The molecule has 0 spiro atoms. The Hall–Kier alpha value is -2.70. The molecule has 0 N–H and O–H groups in total. The monoisotopic (exact) mass is 424 g/mol. The van der Waals surface area contributed by atoms with Crippen LogP contribution in [0.3, 0.4) is 0 Å². The Labute approximate surface area is 181 Å². The summed E-state index contributed by atoms with van der Waals surface area (Å²) in [6, 6.07) is 17.5. The van der Waals surface area contributed by atoms with E-state index in [1.54, 1.807) is 0 Å². The van der Waals surface area contributed by atoms with Crippen LogP contribution in [0.4, 0.5) is 0 Å². The van der Waals surface area contributed by atoms with Gasteiger partial charge in [-0.25, -0.2) is 0 Å². The largest absolute Gasteiger partial charge is 0.341 e. The van der Waals surface area contributed by atoms with Crippen LogP contribution in [-0.2, 0) is 17.9 Å². The average Bonchev–Trinajstić information content (AvgIpc) is 3.23. The first kappa shape index (κ1) is 20.6. The highest BCUT2D eigenvalue weighted by molar-refractivity contribution is 6.30. The van der Waals surface area contributed by atoms with Crippen molar-refractivity contribution in [3.05, 3.63) is 71.1 Å². The number of halogens is 1. The van der Waals surface area contributed by atoms with Crippen LogP contribution in [-0.4, -0.2) is 46.0 Å². The molecule has 4 rings (SSSR count). The Morgan fingerprint density at radius 1 is 1.13 bits per heavy atom. The molecule has 6 nitrogen and oxygen atoms in total. The third kappa shape index (κ3) is 5.07. The summed E-state index contributed by atoms with van der Waals surface area (Å²) >= 11 is 5.93. The number of piperidine rings is 1. The molecular formula is C23H25ClN4O2. The molecule has 3 aromatic rings. The van der Waals surface area contributed by atoms with E-state index >= 15 is 0 Å². The van der Waals surface area contributed by atoms with E-state index in [0.717, 1.165) is 37.1 Å². The zero-order valence-electron chi connectivity index (χ0n) is 17.0. The summed E-state index contributed by atoms with van der Waals surface area (Å²) in [7, 11) is 1.89. The number of hydrogen-bond acceptors (Lipinski definition) is 5. The van der Waals surface area contributed by atoms with Gasteiger partial charge in [-0.2, -0.15) is 4.98 Å². The lowest BCUT2D eigenvalue weighted by molar-refractivity contribution is -0.136. The Morgan fingerprint density at radius 3 is 2.53 bits per heavy atom. The standard InChI is InChI=1S/C23H25ClN4O2/c1-27(15-17-5-3-2-4-6-17)23(29)19-11-13-28(14-12-19)16-21-25-22(26-30-21)18-7-9-20(24)10-8-18/h2-10,19H,11-16H2,1H3. The quantitative estimate of drug-likeness (QED) is 0.591. The van der Waals surface area contributed by atoms with Crippen molar-refractivity contribution in [2.24, 2.45) is 5.92 Å². The number of nitrogens with zero attached hydrogens (tertiary/aromatic N) is 4. The molecule has 30 heavy (non-hydrogen) atoms. The van der Waals surface area contributed by atoms with Crippen LogP contribution in [0.5, 0.6) is 0 Å². The molecule has 1 aliphatic rings. The molecule has 1 saturated heterocycles. The molecule has 2 heterocycles. The smallest absolute Gasteiger partial charge is 0.241 e. The Bertz CT molecular complexity index is 966. The number of benzene rings is 2. The van der Waals surface area contributed by atoms with Gasteiger partial charge in [0, 0.05) is 30.1 Å². The van der Waals surface area contributed by atoms with Gasteiger partial charge in [0.1, 0.15) is 0 Å². The SMILES string of the molecule is CN(Cc1ccccc1)C(=O)C1CCN(Cc2nc(-c3ccc(Cl)cc3)no2)CC1. The van der Waals surface area contributed by atoms with Crippen LogP contribution in [0.2, 0.25) is 5.02 Å². The first-order chi connectivity index (χ1) is 14.6. The van der Waals surface area contributed by atoms with Crippen LogP contribution in [0, 0.1) is 5.92 Å². The summed E-state index contributed by atoms with van der Waals surface area (Å²) in [6.45, 7) is 2.93. The second-order valence-electron chi connectivity index (χ2n) is 7.75. The summed E-state index contributed by atoms with van der Waals surface area (Å²) in [6.07, 6.45) is 1.69. The normalized spacial score (nSPS) is 15.3. The van der Waals surface area contributed by atoms with Crippen LogP contribution in [0.25, 0.3) is 11.4 Å². The predicted octanol–water partition coefficient (Wildman–Crippen LogP) is 4.26. The maximum absolute atomic E-state index is 12.8. The number of rotatable bonds is 6. The summed E-state index contributed by atoms with van der Waals surface area (Å²) in [5.74, 6) is 1.45. The predicted molar refractivity (Wildman–Crippen MR) is 116 cm³/mol. The Balaban J connectivity index is 1.27. The number of likely N-dealkylation sites (tertiary alicyclic amines) is 1. The van der Waals surface area contributed by atoms with Crippen molar-refractivity contribution in [1.29, 1.82) is 0 Å². The fourth-order valence-electron chi connectivity index (χ4n) is 3.81. The van der Waals surface area contributed by atoms with Gasteiger partial charge in [0.25, 0.3) is 0 Å². The van der Waals surface area contributed by atoms with Gasteiger partial charge in [-0.15, -0.1) is 0 Å². The topological polar surface area (TPSA) is 62.5 Å². The minimum absolute atomic E-state index is 0.0716. The average molecular weight is 425 g/mol. The molecule has 1 fully saturated rings. The Kier molecular flexibility index (Phi) is 6.45. The van der Waals surface area contributed by atoms with Gasteiger partial charge in [0.2, 0.25) is 17.6 Å². The highest BCUT2D eigenvalue weighted by Gasteiger charge is 2.28. The van der Waals surface area contributed by atoms with Gasteiger partial charge in [-0.3, -0.25) is 9.69 Å². The van der Waals surface area contributed by atoms with Crippen molar-refractivity contribution in [3.8, 4) is 11.4 Å². The molecule has 0 aliphatic carbocycles. The first-order valence-corrected chi connectivity index (χ1v) is 10.6. The highest BCUT2D eigenvalue weighted by Crippen LogP contribution is 2.23. The number of aromatic nitrogens is 2. The molecule has 156 valence electrons. The van der Waals surface area contributed by atoms with Crippen LogP contribution in [0.1, 0.15) is 24.3 Å². The van der Waals surface area contributed by atoms with E-state index in [4.69, 9.17) is 16.1 Å². The van der Waals surface area contributed by atoms with Crippen molar-refractivity contribution in [3.63, 3.8) is 0 Å². The maximum Gasteiger partial charge on any atom is 0.241 e. The molecule has 0 saturated carbocycles. The second kappa shape index (κ2) is 9.41. The zero-order valence-corrected chi connectivity index (χ0v) is 17.8. The van der Waals surface area contributed by atoms with Crippen molar-refractivity contribution >= 4 is 17.5 Å². The number of carbonyl (C=O) groups excluding carboxylic acids is 1. The molecule has 0 radical (unpaired) electrons. The minimum atomic E-state index is 0.0716. The molecular weight excluding hydrogens is 400 g/mol.